The van der Waals surface area contributed by atoms with Gasteiger partial charge in [-0.3, -0.25) is 9.59 Å². The van der Waals surface area contributed by atoms with Gasteiger partial charge in [0.1, 0.15) is 19.0 Å². The molecule has 1 aliphatic rings. The SMILES string of the molecule is O=C(COCc1nc2ccccc2c(=O)[nH]1)Nc1ccc2c(c1)CCC2. The van der Waals surface area contributed by atoms with Gasteiger partial charge in [-0.05, 0) is 54.7 Å². The molecule has 0 bridgehead atoms. The Kier molecular flexibility index (Phi) is 4.50. The molecule has 6 heteroatoms. The second kappa shape index (κ2) is 7.09. The number of para-hydroxylation sites is 1. The Hall–Kier alpha value is -2.99. The highest BCUT2D eigenvalue weighted by atomic mass is 16.5. The maximum absolute atomic E-state index is 12.1. The molecule has 26 heavy (non-hydrogen) atoms. The fraction of sp³-hybridized carbons (Fsp3) is 0.250. The standard InChI is InChI=1S/C20H19N3O3/c24-19(21-15-9-8-13-4-3-5-14(13)10-15)12-26-11-18-22-17-7-2-1-6-16(17)20(25)23-18/h1-2,6-10H,3-5,11-12H2,(H,21,24)(H,22,23,25). The molecular formula is C20H19N3O3. The van der Waals surface area contributed by atoms with Crippen LogP contribution < -0.4 is 10.9 Å². The average molecular weight is 349 g/mol. The summed E-state index contributed by atoms with van der Waals surface area (Å²) < 4.78 is 5.41. The average Bonchev–Trinajstić information content (AvgIpc) is 3.09. The molecule has 0 radical (unpaired) electrons. The first-order chi connectivity index (χ1) is 12.7. The number of nitrogens with zero attached hydrogens (tertiary/aromatic N) is 1. The normalized spacial score (nSPS) is 12.9. The van der Waals surface area contributed by atoms with Gasteiger partial charge in [0.25, 0.3) is 5.56 Å². The van der Waals surface area contributed by atoms with Gasteiger partial charge in [0.05, 0.1) is 10.9 Å². The number of amides is 1. The van der Waals surface area contributed by atoms with Gasteiger partial charge in [-0.2, -0.15) is 0 Å². The Morgan fingerprint density at radius 1 is 1.15 bits per heavy atom. The zero-order valence-corrected chi connectivity index (χ0v) is 14.2. The molecule has 2 aromatic carbocycles. The topological polar surface area (TPSA) is 84.1 Å². The van der Waals surface area contributed by atoms with Crippen molar-refractivity contribution in [2.75, 3.05) is 11.9 Å². The number of benzene rings is 2. The van der Waals surface area contributed by atoms with Crippen LogP contribution in [0, 0.1) is 0 Å². The van der Waals surface area contributed by atoms with Crippen LogP contribution in [-0.4, -0.2) is 22.5 Å². The van der Waals surface area contributed by atoms with Gasteiger partial charge < -0.3 is 15.0 Å². The molecule has 0 saturated heterocycles. The quantitative estimate of drug-likeness (QED) is 0.741. The van der Waals surface area contributed by atoms with Crippen LogP contribution in [0.4, 0.5) is 5.69 Å². The lowest BCUT2D eigenvalue weighted by molar-refractivity contribution is -0.121. The van der Waals surface area contributed by atoms with E-state index in [1.807, 2.05) is 18.2 Å². The minimum atomic E-state index is -0.230. The second-order valence-corrected chi connectivity index (χ2v) is 6.41. The first kappa shape index (κ1) is 16.5. The van der Waals surface area contributed by atoms with Crippen molar-refractivity contribution in [3.63, 3.8) is 0 Å². The first-order valence-electron chi connectivity index (χ1n) is 8.66. The van der Waals surface area contributed by atoms with Crippen LogP contribution in [0.1, 0.15) is 23.4 Å². The van der Waals surface area contributed by atoms with E-state index in [9.17, 15) is 9.59 Å². The second-order valence-electron chi connectivity index (χ2n) is 6.41. The van der Waals surface area contributed by atoms with Crippen LogP contribution in [-0.2, 0) is 29.0 Å². The summed E-state index contributed by atoms with van der Waals surface area (Å²) in [5.41, 5.74) is 3.86. The summed E-state index contributed by atoms with van der Waals surface area (Å²) in [6.45, 7) is -0.0364. The molecule has 0 fully saturated rings. The van der Waals surface area contributed by atoms with Gasteiger partial charge in [0.2, 0.25) is 5.91 Å². The number of aromatic nitrogens is 2. The summed E-state index contributed by atoms with van der Waals surface area (Å²) in [6, 6.07) is 13.1. The van der Waals surface area contributed by atoms with E-state index in [0.29, 0.717) is 16.7 Å². The third-order valence-corrected chi connectivity index (χ3v) is 4.52. The highest BCUT2D eigenvalue weighted by Crippen LogP contribution is 2.24. The minimum absolute atomic E-state index is 0.0671. The summed E-state index contributed by atoms with van der Waals surface area (Å²) in [4.78, 5) is 31.1. The lowest BCUT2D eigenvalue weighted by Crippen LogP contribution is -2.19. The van der Waals surface area contributed by atoms with Crippen molar-refractivity contribution in [3.05, 3.63) is 69.8 Å². The Morgan fingerprint density at radius 3 is 2.92 bits per heavy atom. The molecule has 0 atom stereocenters. The smallest absolute Gasteiger partial charge is 0.258 e. The lowest BCUT2D eigenvalue weighted by Gasteiger charge is -2.08. The molecule has 6 nitrogen and oxygen atoms in total. The van der Waals surface area contributed by atoms with Gasteiger partial charge in [0.15, 0.2) is 0 Å². The van der Waals surface area contributed by atoms with Crippen molar-refractivity contribution in [1.29, 1.82) is 0 Å². The number of carbonyl (C=O) groups excluding carboxylic acids is 1. The molecule has 0 unspecified atom stereocenters. The highest BCUT2D eigenvalue weighted by Gasteiger charge is 2.12. The number of aryl methyl sites for hydroxylation is 2. The van der Waals surface area contributed by atoms with E-state index in [-0.39, 0.29) is 24.7 Å². The summed E-state index contributed by atoms with van der Waals surface area (Å²) in [5, 5.41) is 3.38. The maximum Gasteiger partial charge on any atom is 0.258 e. The zero-order valence-electron chi connectivity index (χ0n) is 14.2. The van der Waals surface area contributed by atoms with Gasteiger partial charge in [-0.25, -0.2) is 4.98 Å². The molecule has 0 spiro atoms. The van der Waals surface area contributed by atoms with E-state index in [4.69, 9.17) is 4.74 Å². The molecule has 1 heterocycles. The number of hydrogen-bond donors (Lipinski definition) is 2. The Balaban J connectivity index is 1.34. The predicted octanol–water partition coefficient (Wildman–Crippen LogP) is 2.57. The van der Waals surface area contributed by atoms with Crippen molar-refractivity contribution in [2.45, 2.75) is 25.9 Å². The van der Waals surface area contributed by atoms with Crippen LogP contribution in [0.25, 0.3) is 10.9 Å². The van der Waals surface area contributed by atoms with Crippen molar-refractivity contribution >= 4 is 22.5 Å². The van der Waals surface area contributed by atoms with Crippen molar-refractivity contribution in [1.82, 2.24) is 9.97 Å². The molecule has 1 aromatic heterocycles. The molecule has 0 aliphatic heterocycles. The number of nitrogens with one attached hydrogen (secondary N) is 2. The zero-order chi connectivity index (χ0) is 17.9. The van der Waals surface area contributed by atoms with E-state index in [2.05, 4.69) is 21.4 Å². The predicted molar refractivity (Wildman–Crippen MR) is 99.1 cm³/mol. The molecule has 2 N–H and O–H groups in total. The third kappa shape index (κ3) is 3.50. The number of anilines is 1. The molecule has 1 amide bonds. The monoisotopic (exact) mass is 349 g/mol. The van der Waals surface area contributed by atoms with E-state index < -0.39 is 0 Å². The number of hydrogen-bond acceptors (Lipinski definition) is 4. The summed E-state index contributed by atoms with van der Waals surface area (Å²) >= 11 is 0. The van der Waals surface area contributed by atoms with E-state index >= 15 is 0 Å². The molecular weight excluding hydrogens is 330 g/mol. The fourth-order valence-electron chi connectivity index (χ4n) is 3.29. The van der Waals surface area contributed by atoms with Gasteiger partial charge in [-0.15, -0.1) is 0 Å². The van der Waals surface area contributed by atoms with Crippen LogP contribution in [0.5, 0.6) is 0 Å². The number of aromatic amines is 1. The fourth-order valence-corrected chi connectivity index (χ4v) is 3.29. The van der Waals surface area contributed by atoms with Crippen LogP contribution in [0.3, 0.4) is 0 Å². The van der Waals surface area contributed by atoms with Crippen LogP contribution in [0.2, 0.25) is 0 Å². The van der Waals surface area contributed by atoms with Crippen molar-refractivity contribution in [3.8, 4) is 0 Å². The number of H-pyrrole nitrogens is 1. The first-order valence-corrected chi connectivity index (χ1v) is 8.66. The number of fused-ring (bicyclic) bond motifs is 2. The molecule has 0 saturated carbocycles. The Bertz CT molecular complexity index is 1030. The van der Waals surface area contributed by atoms with E-state index in [0.717, 1.165) is 18.5 Å². The van der Waals surface area contributed by atoms with E-state index in [1.165, 1.54) is 17.5 Å². The van der Waals surface area contributed by atoms with Gasteiger partial charge >= 0.3 is 0 Å². The lowest BCUT2D eigenvalue weighted by atomic mass is 10.1. The van der Waals surface area contributed by atoms with E-state index in [1.54, 1.807) is 18.2 Å². The maximum atomic E-state index is 12.1. The van der Waals surface area contributed by atoms with Gasteiger partial charge in [-0.1, -0.05) is 18.2 Å². The molecule has 1 aliphatic carbocycles. The number of rotatable bonds is 5. The minimum Gasteiger partial charge on any atom is -0.364 e. The van der Waals surface area contributed by atoms with Crippen molar-refractivity contribution in [2.24, 2.45) is 0 Å². The molecule has 4 rings (SSSR count). The van der Waals surface area contributed by atoms with Crippen LogP contribution in [0.15, 0.2) is 47.3 Å². The van der Waals surface area contributed by atoms with Crippen LogP contribution >= 0.6 is 0 Å². The Morgan fingerprint density at radius 2 is 2.00 bits per heavy atom. The van der Waals surface area contributed by atoms with Gasteiger partial charge in [0, 0.05) is 5.69 Å². The number of carbonyl (C=O) groups is 1. The largest absolute Gasteiger partial charge is 0.364 e. The Labute approximate surface area is 150 Å². The highest BCUT2D eigenvalue weighted by molar-refractivity contribution is 5.91. The summed E-state index contributed by atoms with van der Waals surface area (Å²) in [7, 11) is 0. The third-order valence-electron chi connectivity index (χ3n) is 4.52. The summed E-state index contributed by atoms with van der Waals surface area (Å²) in [6.07, 6.45) is 3.35. The molecule has 132 valence electrons. The molecule has 3 aromatic rings. The summed E-state index contributed by atoms with van der Waals surface area (Å²) in [5.74, 6) is 0.171. The number of ether oxygens (including phenoxy) is 1. The van der Waals surface area contributed by atoms with Crippen molar-refractivity contribution < 1.29 is 9.53 Å².